The first-order valence-electron chi connectivity index (χ1n) is 7.02. The van der Waals surface area contributed by atoms with Crippen molar-refractivity contribution in [1.29, 1.82) is 0 Å². The maximum absolute atomic E-state index is 14.1. The highest BCUT2D eigenvalue weighted by Gasteiger charge is 2.21. The molecule has 104 valence electrons. The lowest BCUT2D eigenvalue weighted by atomic mass is 9.93. The Morgan fingerprint density at radius 2 is 2.26 bits per heavy atom. The molecular formula is C16H22FNO. The molecule has 3 heteroatoms. The molecule has 1 N–H and O–H groups in total. The lowest BCUT2D eigenvalue weighted by molar-refractivity contribution is 0.219. The van der Waals surface area contributed by atoms with Gasteiger partial charge >= 0.3 is 0 Å². The molecule has 0 spiro atoms. The van der Waals surface area contributed by atoms with Crippen LogP contribution in [-0.2, 0) is 4.74 Å². The molecule has 0 saturated carbocycles. The number of hydrogen-bond donors (Lipinski definition) is 1. The summed E-state index contributed by atoms with van der Waals surface area (Å²) in [5.41, 5.74) is 2.95. The Labute approximate surface area is 114 Å². The summed E-state index contributed by atoms with van der Waals surface area (Å²) in [7, 11) is 0. The first kappa shape index (κ1) is 14.1. The highest BCUT2D eigenvalue weighted by atomic mass is 19.1. The van der Waals surface area contributed by atoms with E-state index in [9.17, 15) is 4.39 Å². The van der Waals surface area contributed by atoms with Crippen molar-refractivity contribution in [3.05, 3.63) is 47.0 Å². The first-order valence-corrected chi connectivity index (χ1v) is 7.02. The molecule has 1 heterocycles. The molecule has 0 amide bonds. The van der Waals surface area contributed by atoms with E-state index in [0.717, 1.165) is 49.1 Å². The van der Waals surface area contributed by atoms with E-state index in [1.807, 2.05) is 19.1 Å². The van der Waals surface area contributed by atoms with Gasteiger partial charge in [0.1, 0.15) is 5.82 Å². The Kier molecular flexibility index (Phi) is 4.97. The highest BCUT2D eigenvalue weighted by molar-refractivity contribution is 5.32. The predicted octanol–water partition coefficient (Wildman–Crippen LogP) is 3.87. The molecule has 1 unspecified atom stereocenters. The third-order valence-corrected chi connectivity index (χ3v) is 3.39. The SMILES string of the molecule is CCCNC(C1=COCCC1)c1cc(C)ccc1F. The number of halogens is 1. The molecule has 1 atom stereocenters. The van der Waals surface area contributed by atoms with Crippen LogP contribution in [-0.4, -0.2) is 13.2 Å². The minimum atomic E-state index is -0.148. The van der Waals surface area contributed by atoms with Crippen LogP contribution in [0.3, 0.4) is 0 Å². The zero-order valence-corrected chi connectivity index (χ0v) is 11.7. The van der Waals surface area contributed by atoms with Crippen LogP contribution in [0.15, 0.2) is 30.0 Å². The van der Waals surface area contributed by atoms with E-state index in [2.05, 4.69) is 12.2 Å². The maximum atomic E-state index is 14.1. The summed E-state index contributed by atoms with van der Waals surface area (Å²) in [6.07, 6.45) is 4.80. The fourth-order valence-electron chi connectivity index (χ4n) is 2.41. The van der Waals surface area contributed by atoms with Gasteiger partial charge in [0.2, 0.25) is 0 Å². The fourth-order valence-corrected chi connectivity index (χ4v) is 2.41. The van der Waals surface area contributed by atoms with Crippen molar-refractivity contribution in [3.63, 3.8) is 0 Å². The number of aryl methyl sites for hydroxylation is 1. The third-order valence-electron chi connectivity index (χ3n) is 3.39. The van der Waals surface area contributed by atoms with Crippen molar-refractivity contribution < 1.29 is 9.13 Å². The van der Waals surface area contributed by atoms with E-state index in [1.54, 1.807) is 12.3 Å². The average Bonchev–Trinajstić information content (AvgIpc) is 2.44. The van der Waals surface area contributed by atoms with Gasteiger partial charge in [-0.15, -0.1) is 0 Å². The number of benzene rings is 1. The van der Waals surface area contributed by atoms with E-state index >= 15 is 0 Å². The Morgan fingerprint density at radius 1 is 1.42 bits per heavy atom. The Bertz CT molecular complexity index is 456. The maximum Gasteiger partial charge on any atom is 0.128 e. The molecule has 1 aliphatic rings. The normalized spacial score (nSPS) is 16.7. The van der Waals surface area contributed by atoms with Gasteiger partial charge in [0.05, 0.1) is 18.9 Å². The van der Waals surface area contributed by atoms with Crippen LogP contribution >= 0.6 is 0 Å². The first-order chi connectivity index (χ1) is 9.22. The molecule has 0 fully saturated rings. The summed E-state index contributed by atoms with van der Waals surface area (Å²) in [5.74, 6) is -0.148. The summed E-state index contributed by atoms with van der Waals surface area (Å²) in [6.45, 7) is 5.74. The van der Waals surface area contributed by atoms with Gasteiger partial charge in [-0.1, -0.05) is 24.6 Å². The minimum absolute atomic E-state index is 0.0693. The highest BCUT2D eigenvalue weighted by Crippen LogP contribution is 2.29. The zero-order valence-electron chi connectivity index (χ0n) is 11.7. The summed E-state index contributed by atoms with van der Waals surface area (Å²) < 4.78 is 19.5. The van der Waals surface area contributed by atoms with Crippen LogP contribution < -0.4 is 5.32 Å². The second-order valence-electron chi connectivity index (χ2n) is 5.08. The molecule has 0 bridgehead atoms. The van der Waals surface area contributed by atoms with Gasteiger partial charge in [0.25, 0.3) is 0 Å². The van der Waals surface area contributed by atoms with E-state index in [1.165, 1.54) is 0 Å². The summed E-state index contributed by atoms with van der Waals surface area (Å²) >= 11 is 0. The average molecular weight is 263 g/mol. The van der Waals surface area contributed by atoms with Crippen LogP contribution in [0.1, 0.15) is 43.4 Å². The van der Waals surface area contributed by atoms with E-state index in [0.29, 0.717) is 0 Å². The Hall–Kier alpha value is -1.35. The largest absolute Gasteiger partial charge is 0.501 e. The summed E-state index contributed by atoms with van der Waals surface area (Å²) in [6, 6.07) is 5.22. The van der Waals surface area contributed by atoms with Crippen LogP contribution in [0.25, 0.3) is 0 Å². The van der Waals surface area contributed by atoms with Gasteiger partial charge in [-0.25, -0.2) is 4.39 Å². The second kappa shape index (κ2) is 6.71. The van der Waals surface area contributed by atoms with Crippen LogP contribution in [0.5, 0.6) is 0 Å². The zero-order chi connectivity index (χ0) is 13.7. The number of ether oxygens (including phenoxy) is 1. The molecule has 19 heavy (non-hydrogen) atoms. The molecule has 1 aliphatic heterocycles. The third kappa shape index (κ3) is 3.57. The molecule has 0 radical (unpaired) electrons. The number of rotatable bonds is 5. The Morgan fingerprint density at radius 3 is 2.95 bits per heavy atom. The molecule has 0 aromatic heterocycles. The van der Waals surface area contributed by atoms with Crippen molar-refractivity contribution >= 4 is 0 Å². The molecular weight excluding hydrogens is 241 g/mol. The van der Waals surface area contributed by atoms with Gasteiger partial charge in [-0.2, -0.15) is 0 Å². The number of nitrogens with one attached hydrogen (secondary N) is 1. The van der Waals surface area contributed by atoms with Gasteiger partial charge in [0.15, 0.2) is 0 Å². The lowest BCUT2D eigenvalue weighted by Crippen LogP contribution is -2.26. The molecule has 0 aliphatic carbocycles. The van der Waals surface area contributed by atoms with Gasteiger partial charge in [-0.05, 0) is 44.4 Å². The fraction of sp³-hybridized carbons (Fsp3) is 0.500. The molecule has 2 nitrogen and oxygen atoms in total. The summed E-state index contributed by atoms with van der Waals surface area (Å²) in [4.78, 5) is 0. The monoisotopic (exact) mass is 263 g/mol. The van der Waals surface area contributed by atoms with E-state index in [-0.39, 0.29) is 11.9 Å². The van der Waals surface area contributed by atoms with Gasteiger partial charge in [0, 0.05) is 5.56 Å². The van der Waals surface area contributed by atoms with Crippen molar-refractivity contribution in [2.75, 3.05) is 13.2 Å². The topological polar surface area (TPSA) is 21.3 Å². The quantitative estimate of drug-likeness (QED) is 0.870. The van der Waals surface area contributed by atoms with Gasteiger partial charge in [-0.3, -0.25) is 0 Å². The van der Waals surface area contributed by atoms with Crippen molar-refractivity contribution in [1.82, 2.24) is 5.32 Å². The molecule has 0 saturated heterocycles. The second-order valence-corrected chi connectivity index (χ2v) is 5.08. The Balaban J connectivity index is 2.30. The smallest absolute Gasteiger partial charge is 0.128 e. The number of hydrogen-bond acceptors (Lipinski definition) is 2. The van der Waals surface area contributed by atoms with Crippen molar-refractivity contribution in [2.24, 2.45) is 0 Å². The minimum Gasteiger partial charge on any atom is -0.501 e. The van der Waals surface area contributed by atoms with E-state index in [4.69, 9.17) is 4.74 Å². The van der Waals surface area contributed by atoms with Crippen LogP contribution in [0, 0.1) is 12.7 Å². The van der Waals surface area contributed by atoms with Crippen LogP contribution in [0.4, 0.5) is 4.39 Å². The van der Waals surface area contributed by atoms with Gasteiger partial charge < -0.3 is 10.1 Å². The molecule has 2 rings (SSSR count). The molecule has 1 aromatic carbocycles. The predicted molar refractivity (Wildman–Crippen MR) is 75.4 cm³/mol. The van der Waals surface area contributed by atoms with Crippen molar-refractivity contribution in [2.45, 2.75) is 39.2 Å². The molecule has 1 aromatic rings. The van der Waals surface area contributed by atoms with E-state index < -0.39 is 0 Å². The van der Waals surface area contributed by atoms with Crippen molar-refractivity contribution in [3.8, 4) is 0 Å². The summed E-state index contributed by atoms with van der Waals surface area (Å²) in [5, 5.41) is 3.44. The van der Waals surface area contributed by atoms with Crippen LogP contribution in [0.2, 0.25) is 0 Å². The standard InChI is InChI=1S/C16H22FNO/c1-3-8-18-16(13-5-4-9-19-11-13)14-10-12(2)6-7-15(14)17/h6-7,10-11,16,18H,3-5,8-9H2,1-2H3. The lowest BCUT2D eigenvalue weighted by Gasteiger charge is -2.25.